The molecule has 0 amide bonds. The Balaban J connectivity index is 0.000000204. The minimum Gasteiger partial charge on any atom is -0.500 e. The summed E-state index contributed by atoms with van der Waals surface area (Å²) >= 11 is 0. The third-order valence-corrected chi connectivity index (χ3v) is 8.22. The Kier molecular flexibility index (Phi) is 8.22. The Morgan fingerprint density at radius 3 is 2.33 bits per heavy atom. The minimum atomic E-state index is -2.27. The second kappa shape index (κ2) is 15.6. The number of aromatic nitrogens is 2. The second-order valence-corrected chi connectivity index (χ2v) is 13.2. The van der Waals surface area contributed by atoms with E-state index in [1.807, 2.05) is 99.6 Å². The first-order chi connectivity index (χ1) is 27.8. The van der Waals surface area contributed by atoms with Gasteiger partial charge in [-0.1, -0.05) is 117 Å². The molecule has 8 rings (SSSR count). The number of rotatable bonds is 5. The number of furan rings is 1. The van der Waals surface area contributed by atoms with Crippen LogP contribution in [0.4, 0.5) is 4.39 Å². The minimum absolute atomic E-state index is 0. The van der Waals surface area contributed by atoms with E-state index in [0.717, 1.165) is 27.5 Å². The zero-order valence-electron chi connectivity index (χ0n) is 36.7. The fraction of sp³-hybridized carbons (Fsp3) is 0.149. The van der Waals surface area contributed by atoms with Crippen LogP contribution in [0.25, 0.3) is 66.7 Å². The van der Waals surface area contributed by atoms with Gasteiger partial charge in [-0.15, -0.1) is 47.5 Å². The molecular weight excluding hydrogens is 820 g/mol. The van der Waals surface area contributed by atoms with Crippen molar-refractivity contribution in [1.82, 2.24) is 9.97 Å². The molecular formula is C47H39FIrN2O-2. The molecule has 0 N–H and O–H groups in total. The average molecular weight is 867 g/mol. The molecule has 0 aliphatic rings. The molecule has 0 unspecified atom stereocenters. The maximum atomic E-state index is 13.7. The first-order valence-electron chi connectivity index (χ1n) is 20.5. The van der Waals surface area contributed by atoms with Crippen molar-refractivity contribution in [2.75, 3.05) is 0 Å². The van der Waals surface area contributed by atoms with Crippen LogP contribution in [-0.4, -0.2) is 9.97 Å². The van der Waals surface area contributed by atoms with E-state index in [1.54, 1.807) is 24.4 Å². The van der Waals surface area contributed by atoms with Crippen molar-refractivity contribution >= 4 is 21.9 Å². The summed E-state index contributed by atoms with van der Waals surface area (Å²) in [6, 6.07) is 41.5. The van der Waals surface area contributed by atoms with Crippen molar-refractivity contribution in [2.24, 2.45) is 5.41 Å². The summed E-state index contributed by atoms with van der Waals surface area (Å²) < 4.78 is 82.2. The predicted octanol–water partition coefficient (Wildman–Crippen LogP) is 12.7. The van der Waals surface area contributed by atoms with Crippen molar-refractivity contribution in [2.45, 2.75) is 40.8 Å². The van der Waals surface area contributed by atoms with Gasteiger partial charge in [0.2, 0.25) is 0 Å². The van der Waals surface area contributed by atoms with Crippen molar-refractivity contribution in [3.8, 4) is 44.8 Å². The molecule has 8 aromatic rings. The molecule has 52 heavy (non-hydrogen) atoms. The zero-order valence-corrected chi connectivity index (χ0v) is 31.1. The summed E-state index contributed by atoms with van der Waals surface area (Å²) in [5, 5.41) is 1.74. The van der Waals surface area contributed by atoms with Gasteiger partial charge in [0.25, 0.3) is 0 Å². The molecule has 0 bridgehead atoms. The molecule has 0 fully saturated rings. The molecule has 3 heterocycles. The van der Waals surface area contributed by atoms with Gasteiger partial charge >= 0.3 is 0 Å². The van der Waals surface area contributed by atoms with Crippen LogP contribution in [0.2, 0.25) is 0 Å². The topological polar surface area (TPSA) is 38.9 Å². The van der Waals surface area contributed by atoms with Crippen LogP contribution in [0, 0.1) is 37.1 Å². The third-order valence-electron chi connectivity index (χ3n) is 8.22. The van der Waals surface area contributed by atoms with Crippen molar-refractivity contribution < 1.29 is 39.9 Å². The van der Waals surface area contributed by atoms with E-state index < -0.39 is 25.5 Å². The van der Waals surface area contributed by atoms with Crippen LogP contribution >= 0.6 is 0 Å². The van der Waals surface area contributed by atoms with E-state index in [0.29, 0.717) is 44.8 Å². The molecule has 3 nitrogen and oxygen atoms in total. The van der Waals surface area contributed by atoms with E-state index in [9.17, 15) is 4.39 Å². The monoisotopic (exact) mass is 867 g/mol. The molecule has 261 valence electrons. The summed E-state index contributed by atoms with van der Waals surface area (Å²) in [6.07, 6.45) is 1.61. The SMILES string of the molecule is [2H]C([2H])([2H])c1ccc(-c2[c-]cc(C([2H])([2H])[2H])c(-c3ccccc3)c2)nc1.[2H]C([2H])(c1ccc(-c2ccnc(-c3[c-]ccc4c3oc3cc(F)ccc34)c2)cc1)C(C)(C)C.[Ir]. The van der Waals surface area contributed by atoms with Crippen LogP contribution in [0.3, 0.4) is 0 Å². The van der Waals surface area contributed by atoms with Crippen LogP contribution in [-0.2, 0) is 26.5 Å². The van der Waals surface area contributed by atoms with Gasteiger partial charge in [-0.05, 0) is 76.0 Å². The van der Waals surface area contributed by atoms with Crippen molar-refractivity contribution in [1.29, 1.82) is 0 Å². The molecule has 0 saturated heterocycles. The van der Waals surface area contributed by atoms with Crippen LogP contribution in [0.5, 0.6) is 0 Å². The van der Waals surface area contributed by atoms with Crippen molar-refractivity contribution in [3.05, 3.63) is 168 Å². The second-order valence-electron chi connectivity index (χ2n) is 13.2. The van der Waals surface area contributed by atoms with Gasteiger partial charge in [0, 0.05) is 54.9 Å². The Labute approximate surface area is 330 Å². The van der Waals surface area contributed by atoms with E-state index in [4.69, 9.17) is 15.4 Å². The fourth-order valence-electron chi connectivity index (χ4n) is 5.88. The summed E-state index contributed by atoms with van der Waals surface area (Å²) in [6.45, 7) is 1.23. The first kappa shape index (κ1) is 27.4. The number of fused-ring (bicyclic) bond motifs is 3. The Bertz CT molecular complexity index is 2760. The summed E-state index contributed by atoms with van der Waals surface area (Å²) in [5.41, 5.74) is 7.47. The predicted molar refractivity (Wildman–Crippen MR) is 208 cm³/mol. The van der Waals surface area contributed by atoms with Crippen molar-refractivity contribution in [3.63, 3.8) is 0 Å². The zero-order chi connectivity index (χ0) is 42.3. The summed E-state index contributed by atoms with van der Waals surface area (Å²) in [7, 11) is 0. The van der Waals surface area contributed by atoms with E-state index in [1.165, 1.54) is 30.5 Å². The van der Waals surface area contributed by atoms with Gasteiger partial charge in [0.1, 0.15) is 11.4 Å². The molecule has 0 aliphatic carbocycles. The number of aryl methyl sites for hydroxylation is 2. The Morgan fingerprint density at radius 2 is 1.60 bits per heavy atom. The number of nitrogens with zero attached hydrogens (tertiary/aromatic N) is 2. The molecule has 5 heteroatoms. The molecule has 0 saturated carbocycles. The fourth-order valence-corrected chi connectivity index (χ4v) is 5.88. The quantitative estimate of drug-likeness (QED) is 0.162. The number of hydrogen-bond donors (Lipinski definition) is 0. The van der Waals surface area contributed by atoms with E-state index in [2.05, 4.69) is 22.1 Å². The Morgan fingerprint density at radius 1 is 0.769 bits per heavy atom. The average Bonchev–Trinajstić information content (AvgIpc) is 3.58. The number of halogens is 1. The molecule has 1 radical (unpaired) electrons. The number of benzene rings is 5. The van der Waals surface area contributed by atoms with Crippen LogP contribution < -0.4 is 0 Å². The van der Waals surface area contributed by atoms with Gasteiger partial charge in [-0.3, -0.25) is 0 Å². The standard InChI is InChI=1S/C28H23FNO.C19H16N.Ir/c1-28(2,3)17-18-7-9-19(10-8-18)20-13-14-30-25(15-20)24-6-4-5-23-22-12-11-21(29)16-26(22)31-27(23)24;1-14-8-11-19(20-13-14)17-10-9-15(2)18(12-17)16-6-4-3-5-7-16;/h4-5,7-16H,17H2,1-3H3;3-9,11-13H,1-2H3;/q2*-1;/i17D2;1D3,2D3;. The molecule has 3 aromatic heterocycles. The van der Waals surface area contributed by atoms with E-state index in [-0.39, 0.29) is 37.0 Å². The van der Waals surface area contributed by atoms with E-state index >= 15 is 0 Å². The normalized spacial score (nSPS) is 14.2. The number of pyridine rings is 2. The van der Waals surface area contributed by atoms with Crippen LogP contribution in [0.15, 0.2) is 138 Å². The van der Waals surface area contributed by atoms with Gasteiger partial charge in [0.15, 0.2) is 0 Å². The third kappa shape index (κ3) is 8.29. The summed E-state index contributed by atoms with van der Waals surface area (Å²) in [4.78, 5) is 8.75. The summed E-state index contributed by atoms with van der Waals surface area (Å²) in [5.74, 6) is -0.341. The molecule has 0 aliphatic heterocycles. The molecule has 0 atom stereocenters. The first-order valence-corrected chi connectivity index (χ1v) is 16.5. The maximum Gasteiger partial charge on any atom is 0.126 e. The molecule has 5 aromatic carbocycles. The smallest absolute Gasteiger partial charge is 0.126 e. The van der Waals surface area contributed by atoms with Gasteiger partial charge < -0.3 is 14.4 Å². The number of hydrogen-bond acceptors (Lipinski definition) is 3. The Hall–Kier alpha value is -5.22. The largest absolute Gasteiger partial charge is 0.500 e. The maximum absolute atomic E-state index is 13.7. The van der Waals surface area contributed by atoms with Gasteiger partial charge in [-0.25, -0.2) is 4.39 Å². The van der Waals surface area contributed by atoms with Crippen LogP contribution in [0.1, 0.15) is 48.4 Å². The van der Waals surface area contributed by atoms with Gasteiger partial charge in [0.05, 0.1) is 5.58 Å². The van der Waals surface area contributed by atoms with Gasteiger partial charge in [-0.2, -0.15) is 0 Å². The molecule has 0 spiro atoms.